The van der Waals surface area contributed by atoms with Crippen molar-refractivity contribution in [1.82, 2.24) is 10.3 Å². The molecule has 3 rings (SSSR count). The quantitative estimate of drug-likeness (QED) is 0.881. The molecular formula is C20H26N2O. The molecule has 2 atom stereocenters. The maximum atomic E-state index is 6.18. The first kappa shape index (κ1) is 16.0. The van der Waals surface area contributed by atoms with Crippen LogP contribution in [0, 0.1) is 5.92 Å². The molecule has 2 aromatic rings. The van der Waals surface area contributed by atoms with Crippen LogP contribution in [0.2, 0.25) is 0 Å². The second kappa shape index (κ2) is 8.11. The largest absolute Gasteiger partial charge is 0.491 e. The molecule has 1 aliphatic rings. The number of pyridine rings is 1. The molecule has 1 aromatic heterocycles. The highest BCUT2D eigenvalue weighted by Gasteiger charge is 2.27. The van der Waals surface area contributed by atoms with Gasteiger partial charge < -0.3 is 10.1 Å². The maximum absolute atomic E-state index is 6.18. The van der Waals surface area contributed by atoms with E-state index in [0.717, 1.165) is 44.0 Å². The Labute approximate surface area is 139 Å². The number of hydrogen-bond acceptors (Lipinski definition) is 3. The average molecular weight is 310 g/mol. The summed E-state index contributed by atoms with van der Waals surface area (Å²) < 4.78 is 6.18. The van der Waals surface area contributed by atoms with E-state index in [1.165, 1.54) is 12.0 Å². The number of ether oxygens (including phenoxy) is 1. The van der Waals surface area contributed by atoms with Crippen molar-refractivity contribution in [2.24, 2.45) is 5.92 Å². The highest BCUT2D eigenvalue weighted by molar-refractivity contribution is 5.27. The first-order valence-electron chi connectivity index (χ1n) is 8.71. The van der Waals surface area contributed by atoms with Crippen LogP contribution in [0.4, 0.5) is 0 Å². The Hall–Kier alpha value is -1.87. The topological polar surface area (TPSA) is 34.1 Å². The highest BCUT2D eigenvalue weighted by atomic mass is 16.5. The van der Waals surface area contributed by atoms with Crippen LogP contribution in [0.5, 0.6) is 5.75 Å². The predicted molar refractivity (Wildman–Crippen MR) is 93.9 cm³/mol. The number of nitrogens with zero attached hydrogens (tertiary/aromatic N) is 1. The molecule has 0 saturated carbocycles. The van der Waals surface area contributed by atoms with Crippen molar-refractivity contribution < 1.29 is 4.74 Å². The molecule has 1 saturated heterocycles. The van der Waals surface area contributed by atoms with Crippen molar-refractivity contribution in [3.63, 3.8) is 0 Å². The van der Waals surface area contributed by atoms with E-state index in [0.29, 0.717) is 11.8 Å². The SMILES string of the molecule is CCCc1ncccc1OCC1CNCCC1c1ccccc1. The summed E-state index contributed by atoms with van der Waals surface area (Å²) in [5.74, 6) is 2.02. The molecule has 1 aromatic carbocycles. The number of aromatic nitrogens is 1. The van der Waals surface area contributed by atoms with Crippen LogP contribution in [0.15, 0.2) is 48.7 Å². The van der Waals surface area contributed by atoms with E-state index in [2.05, 4.69) is 47.6 Å². The van der Waals surface area contributed by atoms with Crippen LogP contribution >= 0.6 is 0 Å². The lowest BCUT2D eigenvalue weighted by atomic mass is 9.81. The second-order valence-corrected chi connectivity index (χ2v) is 6.28. The maximum Gasteiger partial charge on any atom is 0.140 e. The summed E-state index contributed by atoms with van der Waals surface area (Å²) in [6.07, 6.45) is 5.09. The molecule has 0 bridgehead atoms. The predicted octanol–water partition coefficient (Wildman–Crippen LogP) is 3.81. The molecule has 3 nitrogen and oxygen atoms in total. The Balaban J connectivity index is 1.68. The van der Waals surface area contributed by atoms with Gasteiger partial charge in [-0.05, 0) is 43.0 Å². The van der Waals surface area contributed by atoms with Crippen molar-refractivity contribution in [2.75, 3.05) is 19.7 Å². The van der Waals surface area contributed by atoms with Crippen molar-refractivity contribution in [1.29, 1.82) is 0 Å². The Kier molecular flexibility index (Phi) is 5.65. The third-order valence-electron chi connectivity index (χ3n) is 4.62. The van der Waals surface area contributed by atoms with Crippen LogP contribution in [0.25, 0.3) is 0 Å². The number of nitrogens with one attached hydrogen (secondary N) is 1. The van der Waals surface area contributed by atoms with Gasteiger partial charge in [0, 0.05) is 18.7 Å². The molecule has 1 N–H and O–H groups in total. The van der Waals surface area contributed by atoms with Crippen LogP contribution in [0.3, 0.4) is 0 Å². The summed E-state index contributed by atoms with van der Waals surface area (Å²) in [5, 5.41) is 3.51. The second-order valence-electron chi connectivity index (χ2n) is 6.28. The Morgan fingerprint density at radius 2 is 2.04 bits per heavy atom. The Morgan fingerprint density at radius 1 is 1.17 bits per heavy atom. The number of piperidine rings is 1. The van der Waals surface area contributed by atoms with Gasteiger partial charge in [-0.2, -0.15) is 0 Å². The standard InChI is InChI=1S/C20H26N2O/c1-2-7-19-20(10-6-12-22-19)23-15-17-14-21-13-11-18(17)16-8-4-3-5-9-16/h3-6,8-10,12,17-18,21H,2,7,11,13-15H2,1H3. The summed E-state index contributed by atoms with van der Waals surface area (Å²) in [5.41, 5.74) is 2.51. The van der Waals surface area contributed by atoms with Gasteiger partial charge in [0.2, 0.25) is 0 Å². The summed E-state index contributed by atoms with van der Waals surface area (Å²) in [4.78, 5) is 4.47. The number of hydrogen-bond donors (Lipinski definition) is 1. The zero-order valence-electron chi connectivity index (χ0n) is 13.9. The van der Waals surface area contributed by atoms with Gasteiger partial charge in [-0.1, -0.05) is 43.7 Å². The third-order valence-corrected chi connectivity index (χ3v) is 4.62. The average Bonchev–Trinajstić information content (AvgIpc) is 2.62. The summed E-state index contributed by atoms with van der Waals surface area (Å²) in [6, 6.07) is 14.9. The Morgan fingerprint density at radius 3 is 2.87 bits per heavy atom. The van der Waals surface area contributed by atoms with E-state index >= 15 is 0 Å². The van der Waals surface area contributed by atoms with Crippen molar-refractivity contribution >= 4 is 0 Å². The minimum absolute atomic E-state index is 0.501. The van der Waals surface area contributed by atoms with Gasteiger partial charge in [-0.25, -0.2) is 0 Å². The van der Waals surface area contributed by atoms with Crippen LogP contribution in [0.1, 0.15) is 36.9 Å². The fourth-order valence-electron chi connectivity index (χ4n) is 3.41. The lowest BCUT2D eigenvalue weighted by Crippen LogP contribution is -2.38. The van der Waals surface area contributed by atoms with Crippen LogP contribution in [-0.2, 0) is 6.42 Å². The van der Waals surface area contributed by atoms with Gasteiger partial charge >= 0.3 is 0 Å². The van der Waals surface area contributed by atoms with Crippen molar-refractivity contribution in [2.45, 2.75) is 32.1 Å². The smallest absolute Gasteiger partial charge is 0.140 e. The molecule has 23 heavy (non-hydrogen) atoms. The summed E-state index contributed by atoms with van der Waals surface area (Å²) >= 11 is 0. The molecule has 1 aliphatic heterocycles. The van der Waals surface area contributed by atoms with Gasteiger partial charge in [-0.15, -0.1) is 0 Å². The highest BCUT2D eigenvalue weighted by Crippen LogP contribution is 2.31. The molecule has 2 unspecified atom stereocenters. The van der Waals surface area contributed by atoms with Crippen molar-refractivity contribution in [3.8, 4) is 5.75 Å². The first-order chi connectivity index (χ1) is 11.4. The molecule has 3 heteroatoms. The summed E-state index contributed by atoms with van der Waals surface area (Å²) in [7, 11) is 0. The van der Waals surface area contributed by atoms with Gasteiger partial charge in [0.25, 0.3) is 0 Å². The summed E-state index contributed by atoms with van der Waals surface area (Å²) in [6.45, 7) is 5.02. The van der Waals surface area contributed by atoms with Gasteiger partial charge in [0.05, 0.1) is 12.3 Å². The van der Waals surface area contributed by atoms with E-state index in [9.17, 15) is 0 Å². The lowest BCUT2D eigenvalue weighted by Gasteiger charge is -2.32. The van der Waals surface area contributed by atoms with Gasteiger partial charge in [0.15, 0.2) is 0 Å². The number of rotatable bonds is 6. The molecule has 1 fully saturated rings. The molecule has 0 spiro atoms. The minimum Gasteiger partial charge on any atom is -0.491 e. The van der Waals surface area contributed by atoms with Gasteiger partial charge in [-0.3, -0.25) is 4.98 Å². The molecular weight excluding hydrogens is 284 g/mol. The third kappa shape index (κ3) is 4.11. The van der Waals surface area contributed by atoms with Gasteiger partial charge in [0.1, 0.15) is 5.75 Å². The van der Waals surface area contributed by atoms with E-state index in [1.807, 2.05) is 18.3 Å². The fourth-order valence-corrected chi connectivity index (χ4v) is 3.41. The Bertz CT molecular complexity index is 600. The van der Waals surface area contributed by atoms with E-state index < -0.39 is 0 Å². The number of benzene rings is 1. The molecule has 2 heterocycles. The lowest BCUT2D eigenvalue weighted by molar-refractivity contribution is 0.195. The normalized spacial score (nSPS) is 21.1. The molecule has 0 radical (unpaired) electrons. The van der Waals surface area contributed by atoms with E-state index in [1.54, 1.807) is 0 Å². The molecule has 0 amide bonds. The molecule has 122 valence electrons. The minimum atomic E-state index is 0.501. The monoisotopic (exact) mass is 310 g/mol. The first-order valence-corrected chi connectivity index (χ1v) is 8.71. The van der Waals surface area contributed by atoms with E-state index in [4.69, 9.17) is 4.74 Å². The number of aryl methyl sites for hydroxylation is 1. The van der Waals surface area contributed by atoms with E-state index in [-0.39, 0.29) is 0 Å². The van der Waals surface area contributed by atoms with Crippen LogP contribution in [-0.4, -0.2) is 24.7 Å². The zero-order chi connectivity index (χ0) is 15.9. The van der Waals surface area contributed by atoms with Crippen LogP contribution < -0.4 is 10.1 Å². The zero-order valence-corrected chi connectivity index (χ0v) is 13.9. The van der Waals surface area contributed by atoms with Crippen molar-refractivity contribution in [3.05, 3.63) is 59.9 Å². The molecule has 0 aliphatic carbocycles. The fraction of sp³-hybridized carbons (Fsp3) is 0.450.